The van der Waals surface area contributed by atoms with Crippen molar-refractivity contribution in [2.24, 2.45) is 0 Å². The molecule has 1 N–H and O–H groups in total. The van der Waals surface area contributed by atoms with Crippen LogP contribution in [0.1, 0.15) is 49.3 Å². The standard InChI is InChI=1S/C29H35FN2O4/c1-19-23(14-20-15-26(34-2)29(36-4)27(16-20)35-3)22-9-8-21(30)17-25(22)24(19)18-28(33)31-10-13-32-11-6-5-7-12-32/h8-9,14-17H,5-7,10-13,18H2,1-4H3,(H,31,33)/b23-14-. The fraction of sp³-hybridized carbons (Fsp3) is 0.414. The summed E-state index contributed by atoms with van der Waals surface area (Å²) in [7, 11) is 4.72. The lowest BCUT2D eigenvalue weighted by molar-refractivity contribution is -0.120. The summed E-state index contributed by atoms with van der Waals surface area (Å²) in [4.78, 5) is 15.3. The van der Waals surface area contributed by atoms with Crippen LogP contribution in [0, 0.1) is 5.82 Å². The van der Waals surface area contributed by atoms with E-state index in [1.54, 1.807) is 27.4 Å². The maximum atomic E-state index is 14.2. The summed E-state index contributed by atoms with van der Waals surface area (Å²) in [5.41, 5.74) is 5.25. The first-order valence-corrected chi connectivity index (χ1v) is 12.5. The van der Waals surface area contributed by atoms with Crippen molar-refractivity contribution in [1.29, 1.82) is 0 Å². The van der Waals surface area contributed by atoms with Crippen LogP contribution in [-0.4, -0.2) is 58.3 Å². The largest absolute Gasteiger partial charge is 0.493 e. The van der Waals surface area contributed by atoms with E-state index < -0.39 is 0 Å². The van der Waals surface area contributed by atoms with Gasteiger partial charge in [-0.1, -0.05) is 12.5 Å². The first kappa shape index (κ1) is 25.8. The Hall–Kier alpha value is -3.32. The monoisotopic (exact) mass is 494 g/mol. The number of methoxy groups -OCH3 is 3. The SMILES string of the molecule is COc1cc(/C=C2/C(C)=C(CC(=O)NCCN3CCCCC3)c3cc(F)ccc32)cc(OC)c1OC. The van der Waals surface area contributed by atoms with Crippen molar-refractivity contribution in [3.8, 4) is 17.2 Å². The van der Waals surface area contributed by atoms with E-state index in [-0.39, 0.29) is 18.1 Å². The van der Waals surface area contributed by atoms with Crippen LogP contribution < -0.4 is 19.5 Å². The van der Waals surface area contributed by atoms with Gasteiger partial charge in [0, 0.05) is 13.1 Å². The molecule has 0 spiro atoms. The van der Waals surface area contributed by atoms with Gasteiger partial charge in [0.25, 0.3) is 0 Å². The molecule has 0 bridgehead atoms. The highest BCUT2D eigenvalue weighted by atomic mass is 19.1. The minimum Gasteiger partial charge on any atom is -0.493 e. The van der Waals surface area contributed by atoms with E-state index >= 15 is 0 Å². The lowest BCUT2D eigenvalue weighted by Gasteiger charge is -2.26. The van der Waals surface area contributed by atoms with Gasteiger partial charge in [-0.3, -0.25) is 4.79 Å². The van der Waals surface area contributed by atoms with Crippen molar-refractivity contribution in [3.63, 3.8) is 0 Å². The molecular formula is C29H35FN2O4. The van der Waals surface area contributed by atoms with Gasteiger partial charge in [0.15, 0.2) is 11.5 Å². The number of halogens is 1. The van der Waals surface area contributed by atoms with E-state index in [1.807, 2.05) is 25.1 Å². The summed E-state index contributed by atoms with van der Waals surface area (Å²) in [6.45, 7) is 5.67. The van der Waals surface area contributed by atoms with Crippen LogP contribution in [0.5, 0.6) is 17.2 Å². The zero-order chi connectivity index (χ0) is 25.7. The summed E-state index contributed by atoms with van der Waals surface area (Å²) in [5.74, 6) is 1.25. The Bertz CT molecular complexity index is 1160. The first-order valence-electron chi connectivity index (χ1n) is 12.5. The number of hydrogen-bond donors (Lipinski definition) is 1. The number of ether oxygens (including phenoxy) is 3. The third-order valence-electron chi connectivity index (χ3n) is 6.99. The smallest absolute Gasteiger partial charge is 0.224 e. The second-order valence-electron chi connectivity index (χ2n) is 9.24. The Balaban J connectivity index is 1.60. The summed E-state index contributed by atoms with van der Waals surface area (Å²) in [5, 5.41) is 3.06. The van der Waals surface area contributed by atoms with Crippen molar-refractivity contribution in [2.75, 3.05) is 47.5 Å². The van der Waals surface area contributed by atoms with E-state index in [1.165, 1.54) is 31.4 Å². The lowest BCUT2D eigenvalue weighted by atomic mass is 10.00. The van der Waals surface area contributed by atoms with Gasteiger partial charge in [-0.25, -0.2) is 4.39 Å². The van der Waals surface area contributed by atoms with E-state index in [2.05, 4.69) is 10.2 Å². The van der Waals surface area contributed by atoms with E-state index in [9.17, 15) is 9.18 Å². The molecule has 0 saturated carbocycles. The van der Waals surface area contributed by atoms with Gasteiger partial charge in [0.1, 0.15) is 5.82 Å². The van der Waals surface area contributed by atoms with Crippen molar-refractivity contribution in [2.45, 2.75) is 32.6 Å². The van der Waals surface area contributed by atoms with Crippen LogP contribution in [0.25, 0.3) is 17.2 Å². The zero-order valence-corrected chi connectivity index (χ0v) is 21.6. The maximum Gasteiger partial charge on any atom is 0.224 e. The molecule has 2 aromatic carbocycles. The molecule has 1 aliphatic heterocycles. The van der Waals surface area contributed by atoms with Crippen LogP contribution in [0.2, 0.25) is 0 Å². The van der Waals surface area contributed by atoms with Gasteiger partial charge < -0.3 is 24.4 Å². The minimum absolute atomic E-state index is 0.0504. The minimum atomic E-state index is -0.321. The predicted octanol–water partition coefficient (Wildman–Crippen LogP) is 5.17. The fourth-order valence-electron chi connectivity index (χ4n) is 5.09. The number of amides is 1. The van der Waals surface area contributed by atoms with E-state index in [0.29, 0.717) is 23.8 Å². The number of likely N-dealkylation sites (tertiary alicyclic amines) is 1. The van der Waals surface area contributed by atoms with Gasteiger partial charge in [-0.15, -0.1) is 0 Å². The van der Waals surface area contributed by atoms with Crippen LogP contribution in [-0.2, 0) is 4.79 Å². The van der Waals surface area contributed by atoms with Gasteiger partial charge in [0.2, 0.25) is 11.7 Å². The molecule has 1 fully saturated rings. The number of fused-ring (bicyclic) bond motifs is 1. The molecule has 7 heteroatoms. The van der Waals surface area contributed by atoms with Gasteiger partial charge >= 0.3 is 0 Å². The number of hydrogen-bond acceptors (Lipinski definition) is 5. The highest BCUT2D eigenvalue weighted by Crippen LogP contribution is 2.45. The van der Waals surface area contributed by atoms with Crippen molar-refractivity contribution >= 4 is 23.1 Å². The van der Waals surface area contributed by atoms with Gasteiger partial charge in [-0.05, 0) is 96.6 Å². The third-order valence-corrected chi connectivity index (χ3v) is 6.99. The number of rotatable bonds is 9. The quantitative estimate of drug-likeness (QED) is 0.521. The molecule has 0 radical (unpaired) electrons. The summed E-state index contributed by atoms with van der Waals surface area (Å²) in [6.07, 6.45) is 5.96. The fourth-order valence-corrected chi connectivity index (χ4v) is 5.09. The van der Waals surface area contributed by atoms with Crippen molar-refractivity contribution in [3.05, 3.63) is 58.4 Å². The van der Waals surface area contributed by atoms with Crippen LogP contribution in [0.15, 0.2) is 35.9 Å². The zero-order valence-electron chi connectivity index (χ0n) is 21.6. The van der Waals surface area contributed by atoms with Crippen molar-refractivity contribution in [1.82, 2.24) is 10.2 Å². The Kier molecular flexibility index (Phi) is 8.31. The highest BCUT2D eigenvalue weighted by Gasteiger charge is 2.26. The van der Waals surface area contributed by atoms with Crippen LogP contribution in [0.3, 0.4) is 0 Å². The number of nitrogens with one attached hydrogen (secondary N) is 1. The lowest BCUT2D eigenvalue weighted by Crippen LogP contribution is -2.37. The number of allylic oxidation sites excluding steroid dienone is 2. The molecule has 1 amide bonds. The summed E-state index contributed by atoms with van der Waals surface area (Å²) >= 11 is 0. The molecule has 4 rings (SSSR count). The van der Waals surface area contributed by atoms with Crippen LogP contribution in [0.4, 0.5) is 4.39 Å². The van der Waals surface area contributed by atoms with Gasteiger partial charge in [0.05, 0.1) is 27.8 Å². The average molecular weight is 495 g/mol. The average Bonchev–Trinajstić information content (AvgIpc) is 3.13. The van der Waals surface area contributed by atoms with Crippen molar-refractivity contribution < 1.29 is 23.4 Å². The second kappa shape index (κ2) is 11.6. The molecule has 2 aliphatic rings. The molecule has 0 unspecified atom stereocenters. The molecule has 1 saturated heterocycles. The Morgan fingerprint density at radius 2 is 1.69 bits per heavy atom. The topological polar surface area (TPSA) is 60.0 Å². The molecule has 1 heterocycles. The molecule has 192 valence electrons. The Morgan fingerprint density at radius 3 is 2.33 bits per heavy atom. The number of carbonyl (C=O) groups excluding carboxylic acids is 1. The number of piperidine rings is 1. The normalized spacial score (nSPS) is 16.8. The van der Waals surface area contributed by atoms with E-state index in [4.69, 9.17) is 14.2 Å². The predicted molar refractivity (Wildman–Crippen MR) is 141 cm³/mol. The second-order valence-corrected chi connectivity index (χ2v) is 9.24. The summed E-state index contributed by atoms with van der Waals surface area (Å²) < 4.78 is 30.7. The molecule has 0 aromatic heterocycles. The summed E-state index contributed by atoms with van der Waals surface area (Å²) in [6, 6.07) is 8.49. The third kappa shape index (κ3) is 5.57. The molecule has 2 aromatic rings. The molecule has 36 heavy (non-hydrogen) atoms. The molecule has 1 aliphatic carbocycles. The van der Waals surface area contributed by atoms with E-state index in [0.717, 1.165) is 53.0 Å². The van der Waals surface area contributed by atoms with Crippen LogP contribution >= 0.6 is 0 Å². The number of carbonyl (C=O) groups is 1. The Morgan fingerprint density at radius 1 is 1.00 bits per heavy atom. The first-order chi connectivity index (χ1) is 17.4. The maximum absolute atomic E-state index is 14.2. The number of nitrogens with zero attached hydrogens (tertiary/aromatic N) is 1. The number of benzene rings is 2. The Labute approximate surface area is 212 Å². The molecule has 6 nitrogen and oxygen atoms in total. The van der Waals surface area contributed by atoms with Gasteiger partial charge in [-0.2, -0.15) is 0 Å². The molecule has 0 atom stereocenters. The highest BCUT2D eigenvalue weighted by molar-refractivity contribution is 6.08. The molecular weight excluding hydrogens is 459 g/mol.